The number of nitrogens with zero attached hydrogens (tertiary/aromatic N) is 2. The lowest BCUT2D eigenvalue weighted by Gasteiger charge is -2.37. The van der Waals surface area contributed by atoms with E-state index in [2.05, 4.69) is 6.92 Å². The Morgan fingerprint density at radius 3 is 2.59 bits per heavy atom. The Hall–Kier alpha value is -1.30. The number of hydrogen-bond donors (Lipinski definition) is 1. The van der Waals surface area contributed by atoms with Crippen molar-refractivity contribution >= 4 is 12.0 Å². The van der Waals surface area contributed by atoms with E-state index in [1.165, 1.54) is 0 Å². The molecule has 2 rings (SSSR count). The van der Waals surface area contributed by atoms with Crippen LogP contribution in [0.5, 0.6) is 0 Å². The molecule has 6 nitrogen and oxygen atoms in total. The second-order valence-electron chi connectivity index (χ2n) is 6.32. The predicted octanol–water partition coefficient (Wildman–Crippen LogP) is 1.76. The Balaban J connectivity index is 1.84. The zero-order valence-electron chi connectivity index (χ0n) is 13.7. The number of likely N-dealkylation sites (tertiary alicyclic amines) is 1. The van der Waals surface area contributed by atoms with Crippen molar-refractivity contribution in [3.8, 4) is 0 Å². The maximum atomic E-state index is 12.1. The third-order valence-corrected chi connectivity index (χ3v) is 4.79. The summed E-state index contributed by atoms with van der Waals surface area (Å²) in [7, 11) is 0. The van der Waals surface area contributed by atoms with Gasteiger partial charge in [-0.05, 0) is 26.2 Å². The monoisotopic (exact) mass is 312 g/mol. The molecule has 2 fully saturated rings. The van der Waals surface area contributed by atoms with Crippen molar-refractivity contribution in [1.29, 1.82) is 0 Å². The summed E-state index contributed by atoms with van der Waals surface area (Å²) in [4.78, 5) is 27.7. The third kappa shape index (κ3) is 3.72. The summed E-state index contributed by atoms with van der Waals surface area (Å²) in [6, 6.07) is -0.196. The van der Waals surface area contributed by atoms with E-state index in [1.807, 2.05) is 11.8 Å². The standard InChI is InChI=1S/C16H28N2O4/c1-3-4-5-6-15(20)17-9-7-13(8-10-17)18-14(11-19)12(2)22-16(18)21/h12-14,19H,3-11H2,1-2H3. The first kappa shape index (κ1) is 17.1. The number of unbranched alkanes of at least 4 members (excludes halogenated alkanes) is 2. The molecule has 0 radical (unpaired) electrons. The van der Waals surface area contributed by atoms with E-state index in [9.17, 15) is 14.7 Å². The van der Waals surface area contributed by atoms with E-state index in [-0.39, 0.29) is 36.8 Å². The number of carbonyl (C=O) groups is 2. The van der Waals surface area contributed by atoms with Crippen molar-refractivity contribution in [1.82, 2.24) is 9.80 Å². The van der Waals surface area contributed by atoms with E-state index in [1.54, 1.807) is 4.90 Å². The summed E-state index contributed by atoms with van der Waals surface area (Å²) in [5, 5.41) is 9.48. The minimum Gasteiger partial charge on any atom is -0.444 e. The van der Waals surface area contributed by atoms with E-state index >= 15 is 0 Å². The summed E-state index contributed by atoms with van der Waals surface area (Å²) in [6.07, 6.45) is 4.71. The lowest BCUT2D eigenvalue weighted by atomic mass is 10.0. The number of cyclic esters (lactones) is 1. The summed E-state index contributed by atoms with van der Waals surface area (Å²) in [5.74, 6) is 0.225. The van der Waals surface area contributed by atoms with Gasteiger partial charge in [0.2, 0.25) is 5.91 Å². The zero-order valence-corrected chi connectivity index (χ0v) is 13.7. The minimum atomic E-state index is -0.334. The van der Waals surface area contributed by atoms with Crippen LogP contribution in [0.15, 0.2) is 0 Å². The molecule has 126 valence electrons. The van der Waals surface area contributed by atoms with Crippen molar-refractivity contribution in [2.75, 3.05) is 19.7 Å². The van der Waals surface area contributed by atoms with E-state index in [0.717, 1.165) is 32.1 Å². The highest BCUT2D eigenvalue weighted by molar-refractivity contribution is 5.76. The average Bonchev–Trinajstić information content (AvgIpc) is 2.81. The predicted molar refractivity (Wildman–Crippen MR) is 82.4 cm³/mol. The van der Waals surface area contributed by atoms with Gasteiger partial charge in [-0.1, -0.05) is 19.8 Å². The van der Waals surface area contributed by atoms with Gasteiger partial charge in [-0.25, -0.2) is 4.79 Å². The fourth-order valence-electron chi connectivity index (χ4n) is 3.39. The maximum Gasteiger partial charge on any atom is 0.410 e. The molecule has 2 aliphatic heterocycles. The molecular weight excluding hydrogens is 284 g/mol. The first-order valence-electron chi connectivity index (χ1n) is 8.46. The highest BCUT2D eigenvalue weighted by Gasteiger charge is 2.43. The largest absolute Gasteiger partial charge is 0.444 e. The van der Waals surface area contributed by atoms with Crippen molar-refractivity contribution in [2.45, 2.75) is 70.6 Å². The van der Waals surface area contributed by atoms with Crippen molar-refractivity contribution in [2.24, 2.45) is 0 Å². The van der Waals surface area contributed by atoms with Crippen LogP contribution >= 0.6 is 0 Å². The zero-order chi connectivity index (χ0) is 16.1. The molecule has 2 aliphatic rings. The number of carbonyl (C=O) groups excluding carboxylic acids is 2. The fraction of sp³-hybridized carbons (Fsp3) is 0.875. The van der Waals surface area contributed by atoms with Crippen LogP contribution in [0, 0.1) is 0 Å². The fourth-order valence-corrected chi connectivity index (χ4v) is 3.39. The van der Waals surface area contributed by atoms with Gasteiger partial charge in [-0.3, -0.25) is 9.69 Å². The molecule has 0 saturated carbocycles. The smallest absolute Gasteiger partial charge is 0.410 e. The number of aliphatic hydroxyl groups is 1. The first-order chi connectivity index (χ1) is 10.6. The lowest BCUT2D eigenvalue weighted by molar-refractivity contribution is -0.132. The van der Waals surface area contributed by atoms with E-state index < -0.39 is 0 Å². The van der Waals surface area contributed by atoms with Crippen LogP contribution in [0.2, 0.25) is 0 Å². The molecular formula is C16H28N2O4. The highest BCUT2D eigenvalue weighted by atomic mass is 16.6. The molecule has 0 spiro atoms. The summed E-state index contributed by atoms with van der Waals surface area (Å²) >= 11 is 0. The number of hydrogen-bond acceptors (Lipinski definition) is 4. The average molecular weight is 312 g/mol. The summed E-state index contributed by atoms with van der Waals surface area (Å²) < 4.78 is 5.22. The minimum absolute atomic E-state index is 0.0642. The molecule has 22 heavy (non-hydrogen) atoms. The Kier molecular flexibility index (Phi) is 6.06. The van der Waals surface area contributed by atoms with E-state index in [4.69, 9.17) is 4.74 Å². The molecule has 2 atom stereocenters. The topological polar surface area (TPSA) is 70.1 Å². The molecule has 0 bridgehead atoms. The molecule has 2 unspecified atom stereocenters. The van der Waals surface area contributed by atoms with Crippen LogP contribution in [0.4, 0.5) is 4.79 Å². The number of ether oxygens (including phenoxy) is 1. The summed E-state index contributed by atoms with van der Waals surface area (Å²) in [6.45, 7) is 5.23. The summed E-state index contributed by atoms with van der Waals surface area (Å²) in [5.41, 5.74) is 0. The number of amides is 2. The number of aliphatic hydroxyl groups excluding tert-OH is 1. The van der Waals surface area contributed by atoms with Crippen LogP contribution in [-0.4, -0.2) is 64.8 Å². The quantitative estimate of drug-likeness (QED) is 0.759. The lowest BCUT2D eigenvalue weighted by Crippen LogP contribution is -2.51. The van der Waals surface area contributed by atoms with Crippen LogP contribution < -0.4 is 0 Å². The van der Waals surface area contributed by atoms with Gasteiger partial charge in [0, 0.05) is 25.6 Å². The van der Waals surface area contributed by atoms with Gasteiger partial charge in [0.05, 0.1) is 12.6 Å². The van der Waals surface area contributed by atoms with Crippen molar-refractivity contribution in [3.63, 3.8) is 0 Å². The van der Waals surface area contributed by atoms with Gasteiger partial charge in [0.25, 0.3) is 0 Å². The van der Waals surface area contributed by atoms with Gasteiger partial charge in [-0.15, -0.1) is 0 Å². The molecule has 0 aromatic heterocycles. The Bertz CT molecular complexity index is 394. The SMILES string of the molecule is CCCCCC(=O)N1CCC(N2C(=O)OC(C)C2CO)CC1. The molecule has 2 heterocycles. The van der Waals surface area contributed by atoms with Gasteiger partial charge >= 0.3 is 6.09 Å². The molecule has 0 aromatic carbocycles. The van der Waals surface area contributed by atoms with Crippen LogP contribution in [0.1, 0.15) is 52.4 Å². The molecule has 6 heteroatoms. The van der Waals surface area contributed by atoms with Crippen LogP contribution in [0.3, 0.4) is 0 Å². The first-order valence-corrected chi connectivity index (χ1v) is 8.46. The highest BCUT2D eigenvalue weighted by Crippen LogP contribution is 2.27. The van der Waals surface area contributed by atoms with Gasteiger partial charge < -0.3 is 14.7 Å². The Labute approximate surface area is 132 Å². The van der Waals surface area contributed by atoms with Gasteiger partial charge in [0.15, 0.2) is 0 Å². The van der Waals surface area contributed by atoms with Crippen molar-refractivity contribution in [3.05, 3.63) is 0 Å². The molecule has 2 amide bonds. The maximum absolute atomic E-state index is 12.1. The van der Waals surface area contributed by atoms with Gasteiger partial charge in [0.1, 0.15) is 6.10 Å². The number of rotatable bonds is 6. The molecule has 0 aliphatic carbocycles. The Morgan fingerprint density at radius 1 is 1.32 bits per heavy atom. The van der Waals surface area contributed by atoms with E-state index in [0.29, 0.717) is 19.5 Å². The van der Waals surface area contributed by atoms with Gasteiger partial charge in [-0.2, -0.15) is 0 Å². The molecule has 1 N–H and O–H groups in total. The second-order valence-corrected chi connectivity index (χ2v) is 6.32. The number of piperidine rings is 1. The van der Waals surface area contributed by atoms with Crippen LogP contribution in [0.25, 0.3) is 0 Å². The van der Waals surface area contributed by atoms with Crippen molar-refractivity contribution < 1.29 is 19.4 Å². The van der Waals surface area contributed by atoms with Crippen LogP contribution in [-0.2, 0) is 9.53 Å². The second kappa shape index (κ2) is 7.81. The normalized spacial score (nSPS) is 26.4. The molecule has 2 saturated heterocycles. The molecule has 0 aromatic rings. The third-order valence-electron chi connectivity index (χ3n) is 4.79. The Morgan fingerprint density at radius 2 is 2.00 bits per heavy atom.